The Bertz CT molecular complexity index is 409. The molecular formula is C14H22BrCl2N3. The van der Waals surface area contributed by atoms with Crippen molar-refractivity contribution < 1.29 is 0 Å². The molecule has 0 radical (unpaired) electrons. The van der Waals surface area contributed by atoms with E-state index in [-0.39, 0.29) is 24.8 Å². The normalized spacial score (nSPS) is 21.2. The molecule has 2 fully saturated rings. The number of nitrogens with one attached hydrogen (secondary N) is 1. The molecule has 1 atom stereocenters. The molecule has 2 heterocycles. The number of piperazine rings is 1. The van der Waals surface area contributed by atoms with Gasteiger partial charge in [0.2, 0.25) is 0 Å². The van der Waals surface area contributed by atoms with Crippen molar-refractivity contribution in [3.05, 3.63) is 28.5 Å². The number of pyridine rings is 1. The first-order valence-electron chi connectivity index (χ1n) is 6.92. The largest absolute Gasteiger partial charge is 0.314 e. The lowest BCUT2D eigenvalue weighted by atomic mass is 9.77. The minimum atomic E-state index is 0. The Labute approximate surface area is 141 Å². The summed E-state index contributed by atoms with van der Waals surface area (Å²) >= 11 is 3.50. The van der Waals surface area contributed by atoms with E-state index in [0.29, 0.717) is 6.04 Å². The van der Waals surface area contributed by atoms with Gasteiger partial charge < -0.3 is 5.32 Å². The lowest BCUT2D eigenvalue weighted by Crippen LogP contribution is -2.48. The molecule has 3 nitrogen and oxygen atoms in total. The Morgan fingerprint density at radius 3 is 2.45 bits per heavy atom. The van der Waals surface area contributed by atoms with Crippen molar-refractivity contribution in [3.63, 3.8) is 0 Å². The summed E-state index contributed by atoms with van der Waals surface area (Å²) in [5, 5.41) is 3.44. The van der Waals surface area contributed by atoms with Crippen LogP contribution in [0, 0.1) is 5.92 Å². The van der Waals surface area contributed by atoms with Crippen molar-refractivity contribution in [2.24, 2.45) is 5.92 Å². The third kappa shape index (κ3) is 4.08. The molecular weight excluding hydrogens is 361 g/mol. The van der Waals surface area contributed by atoms with Gasteiger partial charge in [-0.05, 0) is 46.8 Å². The molecule has 1 aromatic heterocycles. The van der Waals surface area contributed by atoms with Gasteiger partial charge in [-0.3, -0.25) is 4.90 Å². The van der Waals surface area contributed by atoms with E-state index < -0.39 is 0 Å². The molecule has 6 heteroatoms. The first kappa shape index (κ1) is 18.2. The Hall–Kier alpha value is 0.130. The molecule has 0 amide bonds. The van der Waals surface area contributed by atoms with Crippen molar-refractivity contribution >= 4 is 40.7 Å². The van der Waals surface area contributed by atoms with Crippen LogP contribution >= 0.6 is 40.7 Å². The van der Waals surface area contributed by atoms with E-state index in [2.05, 4.69) is 38.3 Å². The predicted molar refractivity (Wildman–Crippen MR) is 91.0 cm³/mol. The number of hydrogen-bond acceptors (Lipinski definition) is 3. The summed E-state index contributed by atoms with van der Waals surface area (Å²) in [6.45, 7) is 4.51. The van der Waals surface area contributed by atoms with Gasteiger partial charge in [-0.2, -0.15) is 0 Å². The zero-order chi connectivity index (χ0) is 12.4. The fraction of sp³-hybridized carbons (Fsp3) is 0.643. The second-order valence-corrected chi connectivity index (χ2v) is 6.12. The van der Waals surface area contributed by atoms with Gasteiger partial charge >= 0.3 is 0 Å². The molecule has 1 aromatic rings. The molecule has 0 spiro atoms. The molecule has 114 valence electrons. The molecule has 1 N–H and O–H groups in total. The van der Waals surface area contributed by atoms with Crippen LogP contribution in [0.5, 0.6) is 0 Å². The van der Waals surface area contributed by atoms with Crippen LogP contribution < -0.4 is 5.32 Å². The second-order valence-electron chi connectivity index (χ2n) is 5.31. The van der Waals surface area contributed by atoms with Crippen molar-refractivity contribution in [2.45, 2.75) is 25.3 Å². The van der Waals surface area contributed by atoms with Crippen molar-refractivity contribution in [1.29, 1.82) is 0 Å². The van der Waals surface area contributed by atoms with Crippen LogP contribution in [0.3, 0.4) is 0 Å². The number of aromatic nitrogens is 1. The van der Waals surface area contributed by atoms with Crippen LogP contribution in [-0.4, -0.2) is 36.1 Å². The molecule has 0 aromatic carbocycles. The van der Waals surface area contributed by atoms with E-state index in [1.165, 1.54) is 25.0 Å². The summed E-state index contributed by atoms with van der Waals surface area (Å²) in [5.74, 6) is 0.810. The van der Waals surface area contributed by atoms with Gasteiger partial charge in [-0.15, -0.1) is 24.8 Å². The Balaban J connectivity index is 0.000001000. The third-order valence-electron chi connectivity index (χ3n) is 4.18. The highest BCUT2D eigenvalue weighted by Crippen LogP contribution is 2.41. The van der Waals surface area contributed by atoms with Gasteiger partial charge in [0, 0.05) is 26.2 Å². The first-order chi connectivity index (χ1) is 8.84. The summed E-state index contributed by atoms with van der Waals surface area (Å²) in [4.78, 5) is 7.33. The van der Waals surface area contributed by atoms with Gasteiger partial charge in [-0.1, -0.05) is 12.5 Å². The summed E-state index contributed by atoms with van der Waals surface area (Å²) < 4.78 is 0.958. The van der Waals surface area contributed by atoms with Crippen LogP contribution in [0.1, 0.15) is 31.0 Å². The van der Waals surface area contributed by atoms with Crippen molar-refractivity contribution in [2.75, 3.05) is 26.2 Å². The fourth-order valence-corrected chi connectivity index (χ4v) is 3.39. The van der Waals surface area contributed by atoms with E-state index in [1.54, 1.807) is 0 Å². The van der Waals surface area contributed by atoms with Gasteiger partial charge in [-0.25, -0.2) is 4.98 Å². The summed E-state index contributed by atoms with van der Waals surface area (Å²) in [5.41, 5.74) is 1.25. The summed E-state index contributed by atoms with van der Waals surface area (Å²) in [7, 11) is 0. The minimum Gasteiger partial charge on any atom is -0.314 e. The Morgan fingerprint density at radius 2 is 1.90 bits per heavy atom. The molecule has 3 rings (SSSR count). The highest BCUT2D eigenvalue weighted by Gasteiger charge is 2.34. The van der Waals surface area contributed by atoms with Crippen LogP contribution in [0.2, 0.25) is 0 Å². The number of nitrogens with zero attached hydrogens (tertiary/aromatic N) is 2. The van der Waals surface area contributed by atoms with Gasteiger partial charge in [0.25, 0.3) is 0 Å². The smallest absolute Gasteiger partial charge is 0.106 e. The van der Waals surface area contributed by atoms with E-state index >= 15 is 0 Å². The van der Waals surface area contributed by atoms with Gasteiger partial charge in [0.05, 0.1) is 11.7 Å². The van der Waals surface area contributed by atoms with Crippen molar-refractivity contribution in [1.82, 2.24) is 15.2 Å². The zero-order valence-corrected chi connectivity index (χ0v) is 14.6. The number of halogens is 3. The fourth-order valence-electron chi connectivity index (χ4n) is 3.03. The van der Waals surface area contributed by atoms with E-state index in [9.17, 15) is 0 Å². The molecule has 1 aliphatic heterocycles. The van der Waals surface area contributed by atoms with Crippen LogP contribution in [0.25, 0.3) is 0 Å². The molecule has 1 saturated heterocycles. The van der Waals surface area contributed by atoms with Crippen LogP contribution in [-0.2, 0) is 0 Å². The molecule has 0 unspecified atom stereocenters. The second kappa shape index (κ2) is 8.54. The van der Waals surface area contributed by atoms with E-state index in [1.807, 2.05) is 6.07 Å². The Morgan fingerprint density at radius 1 is 1.20 bits per heavy atom. The Kier molecular flexibility index (Phi) is 7.77. The molecule has 0 bridgehead atoms. The maximum absolute atomic E-state index is 4.71. The molecule has 1 aliphatic carbocycles. The zero-order valence-electron chi connectivity index (χ0n) is 11.4. The SMILES string of the molecule is Brc1cccc([C@@H](C2CCC2)N2CCNCC2)n1.Cl.Cl. The first-order valence-corrected chi connectivity index (χ1v) is 7.71. The van der Waals surface area contributed by atoms with Gasteiger partial charge in [0.15, 0.2) is 0 Å². The lowest BCUT2D eigenvalue weighted by Gasteiger charge is -2.42. The topological polar surface area (TPSA) is 28.2 Å². The maximum atomic E-state index is 4.71. The third-order valence-corrected chi connectivity index (χ3v) is 4.62. The predicted octanol–water partition coefficient (Wildman–Crippen LogP) is 3.43. The molecule has 20 heavy (non-hydrogen) atoms. The van der Waals surface area contributed by atoms with Gasteiger partial charge in [0.1, 0.15) is 4.60 Å². The standard InChI is InChI=1S/C14H20BrN3.2ClH/c15-13-6-2-5-12(17-13)14(11-3-1-4-11)18-9-7-16-8-10-18;;/h2,5-6,11,14,16H,1,3-4,7-10H2;2*1H/t14-;;/m1../s1. The number of hydrogen-bond donors (Lipinski definition) is 1. The van der Waals surface area contributed by atoms with Crippen LogP contribution in [0.4, 0.5) is 0 Å². The monoisotopic (exact) mass is 381 g/mol. The highest BCUT2D eigenvalue weighted by atomic mass is 79.9. The average molecular weight is 383 g/mol. The average Bonchev–Trinajstić information content (AvgIpc) is 2.34. The van der Waals surface area contributed by atoms with E-state index in [0.717, 1.165) is 36.7 Å². The highest BCUT2D eigenvalue weighted by molar-refractivity contribution is 9.10. The van der Waals surface area contributed by atoms with Crippen molar-refractivity contribution in [3.8, 4) is 0 Å². The lowest BCUT2D eigenvalue weighted by molar-refractivity contribution is 0.0808. The maximum Gasteiger partial charge on any atom is 0.106 e. The molecule has 2 aliphatic rings. The van der Waals surface area contributed by atoms with E-state index in [4.69, 9.17) is 4.98 Å². The summed E-state index contributed by atoms with van der Waals surface area (Å²) in [6.07, 6.45) is 4.12. The van der Waals surface area contributed by atoms with Crippen LogP contribution in [0.15, 0.2) is 22.8 Å². The minimum absolute atomic E-state index is 0. The quantitative estimate of drug-likeness (QED) is 0.811. The molecule has 1 saturated carbocycles. The number of rotatable bonds is 3. The summed E-state index contributed by atoms with van der Waals surface area (Å²) in [6, 6.07) is 6.84.